The molecule has 0 aliphatic carbocycles. The molecule has 0 spiro atoms. The van der Waals surface area contributed by atoms with Crippen molar-refractivity contribution in [1.82, 2.24) is 4.98 Å². The highest BCUT2D eigenvalue weighted by molar-refractivity contribution is 5.83. The van der Waals surface area contributed by atoms with Crippen molar-refractivity contribution < 1.29 is 9.21 Å². The third kappa shape index (κ3) is 1.76. The standard InChI is InChI=1S/C13H13NO2/c1-8-4-5-9(2)11(6-8)13-12(7-15)16-10(3)14-13/h4-7H,1-3H3. The van der Waals surface area contributed by atoms with Gasteiger partial charge in [-0.2, -0.15) is 0 Å². The predicted octanol–water partition coefficient (Wildman–Crippen LogP) is 3.08. The number of carbonyl (C=O) groups excluding carboxylic acids is 1. The van der Waals surface area contributed by atoms with E-state index in [1.165, 1.54) is 0 Å². The Morgan fingerprint density at radius 1 is 1.25 bits per heavy atom. The van der Waals surface area contributed by atoms with Crippen molar-refractivity contribution in [3.05, 3.63) is 41.0 Å². The maximum Gasteiger partial charge on any atom is 0.195 e. The summed E-state index contributed by atoms with van der Waals surface area (Å²) in [5.41, 5.74) is 3.81. The van der Waals surface area contributed by atoms with Crippen LogP contribution in [0.4, 0.5) is 0 Å². The van der Waals surface area contributed by atoms with Crippen LogP contribution >= 0.6 is 0 Å². The van der Waals surface area contributed by atoms with Gasteiger partial charge in [0.1, 0.15) is 5.69 Å². The second-order valence-corrected chi connectivity index (χ2v) is 3.88. The van der Waals surface area contributed by atoms with Crippen LogP contribution in [0.3, 0.4) is 0 Å². The molecule has 1 aromatic heterocycles. The fraction of sp³-hybridized carbons (Fsp3) is 0.231. The van der Waals surface area contributed by atoms with E-state index >= 15 is 0 Å². The number of nitrogens with zero attached hydrogens (tertiary/aromatic N) is 1. The second-order valence-electron chi connectivity index (χ2n) is 3.88. The molecule has 3 nitrogen and oxygen atoms in total. The number of aryl methyl sites for hydroxylation is 3. The summed E-state index contributed by atoms with van der Waals surface area (Å²) in [5, 5.41) is 0. The Morgan fingerprint density at radius 3 is 2.69 bits per heavy atom. The van der Waals surface area contributed by atoms with Crippen LogP contribution in [-0.4, -0.2) is 11.3 Å². The van der Waals surface area contributed by atoms with E-state index in [9.17, 15) is 4.79 Å². The van der Waals surface area contributed by atoms with Crippen molar-refractivity contribution in [2.24, 2.45) is 0 Å². The van der Waals surface area contributed by atoms with Crippen LogP contribution in [-0.2, 0) is 0 Å². The number of rotatable bonds is 2. The maximum absolute atomic E-state index is 10.9. The molecule has 0 aliphatic rings. The van der Waals surface area contributed by atoms with Crippen LogP contribution in [0.5, 0.6) is 0 Å². The molecule has 0 saturated heterocycles. The normalized spacial score (nSPS) is 10.4. The molecular formula is C13H13NO2. The highest BCUT2D eigenvalue weighted by atomic mass is 16.4. The summed E-state index contributed by atoms with van der Waals surface area (Å²) >= 11 is 0. The van der Waals surface area contributed by atoms with Gasteiger partial charge in [-0.05, 0) is 25.5 Å². The summed E-state index contributed by atoms with van der Waals surface area (Å²) in [7, 11) is 0. The number of oxazole rings is 1. The summed E-state index contributed by atoms with van der Waals surface area (Å²) in [4.78, 5) is 15.1. The van der Waals surface area contributed by atoms with E-state index in [4.69, 9.17) is 4.42 Å². The van der Waals surface area contributed by atoms with Gasteiger partial charge in [-0.3, -0.25) is 4.79 Å². The molecule has 3 heteroatoms. The molecule has 0 N–H and O–H groups in total. The average molecular weight is 215 g/mol. The molecule has 0 unspecified atom stereocenters. The van der Waals surface area contributed by atoms with Crippen LogP contribution < -0.4 is 0 Å². The first-order valence-electron chi connectivity index (χ1n) is 5.12. The topological polar surface area (TPSA) is 43.1 Å². The molecule has 1 aromatic carbocycles. The third-order valence-corrected chi connectivity index (χ3v) is 2.52. The first kappa shape index (κ1) is 10.6. The largest absolute Gasteiger partial charge is 0.438 e. The SMILES string of the molecule is Cc1ccc(C)c(-c2nc(C)oc2C=O)c1. The number of carbonyl (C=O) groups is 1. The molecule has 16 heavy (non-hydrogen) atoms. The fourth-order valence-electron chi connectivity index (χ4n) is 1.71. The average Bonchev–Trinajstić information content (AvgIpc) is 2.63. The van der Waals surface area contributed by atoms with E-state index in [0.29, 0.717) is 23.6 Å². The van der Waals surface area contributed by atoms with Gasteiger partial charge in [0.15, 0.2) is 17.9 Å². The Morgan fingerprint density at radius 2 is 2.00 bits per heavy atom. The number of hydrogen-bond donors (Lipinski definition) is 0. The lowest BCUT2D eigenvalue weighted by Crippen LogP contribution is -1.89. The minimum atomic E-state index is 0.297. The zero-order valence-electron chi connectivity index (χ0n) is 9.57. The van der Waals surface area contributed by atoms with Crippen LogP contribution in [0, 0.1) is 20.8 Å². The number of benzene rings is 1. The van der Waals surface area contributed by atoms with Crippen molar-refractivity contribution in [3.63, 3.8) is 0 Å². The molecule has 2 rings (SSSR count). The van der Waals surface area contributed by atoms with Gasteiger partial charge in [-0.1, -0.05) is 17.7 Å². The summed E-state index contributed by atoms with van der Waals surface area (Å²) in [6, 6.07) is 6.06. The van der Waals surface area contributed by atoms with Gasteiger partial charge >= 0.3 is 0 Å². The summed E-state index contributed by atoms with van der Waals surface area (Å²) in [5.74, 6) is 0.809. The lowest BCUT2D eigenvalue weighted by Gasteiger charge is -2.03. The Balaban J connectivity index is 2.66. The van der Waals surface area contributed by atoms with Gasteiger partial charge in [-0.25, -0.2) is 4.98 Å². The molecule has 0 saturated carbocycles. The highest BCUT2D eigenvalue weighted by Gasteiger charge is 2.14. The molecule has 82 valence electrons. The van der Waals surface area contributed by atoms with Gasteiger partial charge in [0, 0.05) is 12.5 Å². The van der Waals surface area contributed by atoms with Crippen molar-refractivity contribution in [2.45, 2.75) is 20.8 Å². The summed E-state index contributed by atoms with van der Waals surface area (Å²) < 4.78 is 5.23. The van der Waals surface area contributed by atoms with Crippen LogP contribution in [0.15, 0.2) is 22.6 Å². The van der Waals surface area contributed by atoms with Gasteiger partial charge in [-0.15, -0.1) is 0 Å². The maximum atomic E-state index is 10.9. The number of aldehydes is 1. The molecule has 0 aliphatic heterocycles. The minimum Gasteiger partial charge on any atom is -0.438 e. The van der Waals surface area contributed by atoms with Gasteiger partial charge < -0.3 is 4.42 Å². The van der Waals surface area contributed by atoms with Gasteiger partial charge in [0.05, 0.1) is 0 Å². The van der Waals surface area contributed by atoms with E-state index < -0.39 is 0 Å². The lowest BCUT2D eigenvalue weighted by molar-refractivity contribution is 0.110. The first-order chi connectivity index (χ1) is 7.61. The quantitative estimate of drug-likeness (QED) is 0.723. The minimum absolute atomic E-state index is 0.297. The van der Waals surface area contributed by atoms with Crippen LogP contribution in [0.2, 0.25) is 0 Å². The van der Waals surface area contributed by atoms with Crippen LogP contribution in [0.1, 0.15) is 27.6 Å². The lowest BCUT2D eigenvalue weighted by atomic mass is 10.0. The zero-order valence-corrected chi connectivity index (χ0v) is 9.57. The second kappa shape index (κ2) is 3.93. The number of hydrogen-bond acceptors (Lipinski definition) is 3. The third-order valence-electron chi connectivity index (χ3n) is 2.52. The predicted molar refractivity (Wildman–Crippen MR) is 61.5 cm³/mol. The smallest absolute Gasteiger partial charge is 0.195 e. The zero-order chi connectivity index (χ0) is 11.7. The van der Waals surface area contributed by atoms with Crippen molar-refractivity contribution >= 4 is 6.29 Å². The van der Waals surface area contributed by atoms with Gasteiger partial charge in [0.25, 0.3) is 0 Å². The molecule has 0 radical (unpaired) electrons. The van der Waals surface area contributed by atoms with Crippen molar-refractivity contribution in [2.75, 3.05) is 0 Å². The highest BCUT2D eigenvalue weighted by Crippen LogP contribution is 2.26. The van der Waals surface area contributed by atoms with E-state index in [1.54, 1.807) is 6.92 Å². The van der Waals surface area contributed by atoms with E-state index in [1.807, 2.05) is 32.0 Å². The first-order valence-corrected chi connectivity index (χ1v) is 5.12. The fourth-order valence-corrected chi connectivity index (χ4v) is 1.71. The molecule has 0 bridgehead atoms. The van der Waals surface area contributed by atoms with Gasteiger partial charge in [0.2, 0.25) is 0 Å². The van der Waals surface area contributed by atoms with E-state index in [-0.39, 0.29) is 0 Å². The Bertz CT molecular complexity index is 541. The van der Waals surface area contributed by atoms with Crippen LogP contribution in [0.25, 0.3) is 11.3 Å². The number of aromatic nitrogens is 1. The summed E-state index contributed by atoms with van der Waals surface area (Å²) in [6.07, 6.45) is 0.705. The van der Waals surface area contributed by atoms with Crippen molar-refractivity contribution in [1.29, 1.82) is 0 Å². The van der Waals surface area contributed by atoms with Crippen molar-refractivity contribution in [3.8, 4) is 11.3 Å². The van der Waals surface area contributed by atoms with E-state index in [0.717, 1.165) is 16.7 Å². The molecule has 0 atom stereocenters. The molecule has 1 heterocycles. The molecule has 0 amide bonds. The molecule has 0 fully saturated rings. The van der Waals surface area contributed by atoms with E-state index in [2.05, 4.69) is 4.98 Å². The monoisotopic (exact) mass is 215 g/mol. The Hall–Kier alpha value is -1.90. The molecule has 2 aromatic rings. The molecular weight excluding hydrogens is 202 g/mol. The summed E-state index contributed by atoms with van der Waals surface area (Å²) in [6.45, 7) is 5.74. The Kier molecular flexibility index (Phi) is 2.60. The Labute approximate surface area is 94.1 Å².